The molecule has 4 nitrogen and oxygen atoms in total. The first kappa shape index (κ1) is 12.9. The summed E-state index contributed by atoms with van der Waals surface area (Å²) in [6, 6.07) is 3.51. The molecule has 20 heavy (non-hydrogen) atoms. The first-order chi connectivity index (χ1) is 9.63. The molecule has 2 N–H and O–H groups in total. The highest BCUT2D eigenvalue weighted by molar-refractivity contribution is 9.10. The van der Waals surface area contributed by atoms with Gasteiger partial charge < -0.3 is 15.2 Å². The summed E-state index contributed by atoms with van der Waals surface area (Å²) in [5, 5.41) is 0. The number of halogens is 1. The predicted molar refractivity (Wildman–Crippen MR) is 80.6 cm³/mol. The summed E-state index contributed by atoms with van der Waals surface area (Å²) >= 11 is 3.52. The van der Waals surface area contributed by atoms with Crippen LogP contribution < -0.4 is 5.73 Å². The molecule has 0 radical (unpaired) electrons. The zero-order chi connectivity index (χ0) is 13.9. The van der Waals surface area contributed by atoms with Crippen LogP contribution in [0.5, 0.6) is 0 Å². The molecule has 2 unspecified atom stereocenters. The monoisotopic (exact) mass is 337 g/mol. The van der Waals surface area contributed by atoms with E-state index in [1.165, 1.54) is 12.8 Å². The van der Waals surface area contributed by atoms with Crippen LogP contribution in [-0.2, 0) is 0 Å². The Morgan fingerprint density at radius 1 is 1.15 bits per heavy atom. The fourth-order valence-electron chi connectivity index (χ4n) is 3.95. The summed E-state index contributed by atoms with van der Waals surface area (Å²) in [6.45, 7) is 0. The molecule has 108 valence electrons. The Balaban J connectivity index is 1.64. The van der Waals surface area contributed by atoms with Gasteiger partial charge >= 0.3 is 0 Å². The van der Waals surface area contributed by atoms with E-state index in [2.05, 4.69) is 31.6 Å². The van der Waals surface area contributed by atoms with Crippen LogP contribution in [-0.4, -0.2) is 33.5 Å². The predicted octanol–water partition coefficient (Wildman–Crippen LogP) is 2.68. The van der Waals surface area contributed by atoms with Gasteiger partial charge in [-0.15, -0.1) is 0 Å². The lowest BCUT2D eigenvalue weighted by Gasteiger charge is -2.37. The van der Waals surface area contributed by atoms with Gasteiger partial charge in [-0.25, -0.2) is 0 Å². The number of rotatable bonds is 2. The molecule has 2 atom stereocenters. The van der Waals surface area contributed by atoms with Crippen LogP contribution in [0.2, 0.25) is 0 Å². The number of hydrogen-bond acceptors (Lipinski definition) is 2. The van der Waals surface area contributed by atoms with E-state index < -0.39 is 0 Å². The summed E-state index contributed by atoms with van der Waals surface area (Å²) in [4.78, 5) is 15.1. The Labute approximate surface area is 127 Å². The Bertz CT molecular complexity index is 537. The van der Waals surface area contributed by atoms with Crippen LogP contribution in [0, 0.1) is 0 Å². The van der Waals surface area contributed by atoms with Gasteiger partial charge in [0.2, 0.25) is 0 Å². The van der Waals surface area contributed by atoms with Gasteiger partial charge in [0.25, 0.3) is 5.91 Å². The van der Waals surface area contributed by atoms with Crippen LogP contribution >= 0.6 is 15.9 Å². The van der Waals surface area contributed by atoms with Gasteiger partial charge in [-0.1, -0.05) is 0 Å². The molecule has 1 aromatic heterocycles. The maximum absolute atomic E-state index is 13.0. The van der Waals surface area contributed by atoms with E-state index in [1.807, 2.05) is 6.07 Å². The number of nitrogens with zero attached hydrogens (tertiary/aromatic N) is 2. The second kappa shape index (κ2) is 4.60. The first-order valence-electron chi connectivity index (χ1n) is 7.59. The third-order valence-corrected chi connectivity index (χ3v) is 5.41. The first-order valence-corrected chi connectivity index (χ1v) is 8.38. The SMILES string of the molecule is NC1CC2CCC(C1)N2C(=O)c1cc(Br)cn1C1CC1. The van der Waals surface area contributed by atoms with Crippen molar-refractivity contribution in [2.24, 2.45) is 5.73 Å². The van der Waals surface area contributed by atoms with Crippen LogP contribution in [0.15, 0.2) is 16.7 Å². The summed E-state index contributed by atoms with van der Waals surface area (Å²) in [7, 11) is 0. The number of hydrogen-bond donors (Lipinski definition) is 1. The third-order valence-electron chi connectivity index (χ3n) is 4.98. The number of nitrogens with two attached hydrogens (primary N) is 1. The van der Waals surface area contributed by atoms with Crippen molar-refractivity contribution in [2.45, 2.75) is 62.7 Å². The molecule has 5 heteroatoms. The number of piperidine rings is 1. The molecule has 4 rings (SSSR count). The molecular weight excluding hydrogens is 318 g/mol. The van der Waals surface area contributed by atoms with E-state index in [9.17, 15) is 4.79 Å². The number of carbonyl (C=O) groups excluding carboxylic acids is 1. The van der Waals surface area contributed by atoms with Gasteiger partial charge in [0.1, 0.15) is 5.69 Å². The van der Waals surface area contributed by atoms with Gasteiger partial charge in [0, 0.05) is 34.8 Å². The van der Waals surface area contributed by atoms with E-state index in [-0.39, 0.29) is 11.9 Å². The van der Waals surface area contributed by atoms with Crippen molar-refractivity contribution in [1.29, 1.82) is 0 Å². The molecule has 2 saturated heterocycles. The van der Waals surface area contributed by atoms with Gasteiger partial charge in [-0.05, 0) is 60.5 Å². The fraction of sp³-hybridized carbons (Fsp3) is 0.667. The third kappa shape index (κ3) is 2.02. The average molecular weight is 338 g/mol. The Hall–Kier alpha value is -0.810. The minimum Gasteiger partial charge on any atom is -0.339 e. The maximum Gasteiger partial charge on any atom is 0.271 e. The smallest absolute Gasteiger partial charge is 0.271 e. The normalized spacial score (nSPS) is 32.7. The maximum atomic E-state index is 13.0. The van der Waals surface area contributed by atoms with E-state index in [4.69, 9.17) is 5.73 Å². The van der Waals surface area contributed by atoms with E-state index in [0.717, 1.165) is 35.8 Å². The molecule has 3 aliphatic rings. The largest absolute Gasteiger partial charge is 0.339 e. The summed E-state index contributed by atoms with van der Waals surface area (Å²) in [5.41, 5.74) is 6.95. The average Bonchev–Trinajstić information content (AvgIpc) is 3.12. The molecule has 1 aromatic rings. The minimum atomic E-state index is 0.210. The fourth-order valence-corrected chi connectivity index (χ4v) is 4.39. The summed E-state index contributed by atoms with van der Waals surface area (Å²) < 4.78 is 3.18. The van der Waals surface area contributed by atoms with Crippen LogP contribution in [0.1, 0.15) is 55.1 Å². The van der Waals surface area contributed by atoms with E-state index in [0.29, 0.717) is 18.1 Å². The number of aromatic nitrogens is 1. The highest BCUT2D eigenvalue weighted by Crippen LogP contribution is 2.40. The number of fused-ring (bicyclic) bond motifs is 2. The second-order valence-corrected chi connectivity index (χ2v) is 7.43. The summed E-state index contributed by atoms with van der Waals surface area (Å²) in [6.07, 6.45) is 8.62. The minimum absolute atomic E-state index is 0.210. The quantitative estimate of drug-likeness (QED) is 0.901. The van der Waals surface area contributed by atoms with Crippen molar-refractivity contribution in [2.75, 3.05) is 0 Å². The lowest BCUT2D eigenvalue weighted by Crippen LogP contribution is -2.50. The molecular formula is C15H20BrN3O. The van der Waals surface area contributed by atoms with Gasteiger partial charge in [0.05, 0.1) is 0 Å². The van der Waals surface area contributed by atoms with Crippen molar-refractivity contribution < 1.29 is 4.79 Å². The highest BCUT2D eigenvalue weighted by Gasteiger charge is 2.43. The van der Waals surface area contributed by atoms with Gasteiger partial charge in [-0.2, -0.15) is 0 Å². The van der Waals surface area contributed by atoms with Crippen molar-refractivity contribution >= 4 is 21.8 Å². The second-order valence-electron chi connectivity index (χ2n) is 6.51. The Kier molecular flexibility index (Phi) is 2.96. The topological polar surface area (TPSA) is 51.3 Å². The molecule has 1 aliphatic carbocycles. The summed E-state index contributed by atoms with van der Waals surface area (Å²) in [5.74, 6) is 0.210. The van der Waals surface area contributed by atoms with Gasteiger partial charge in [-0.3, -0.25) is 4.79 Å². The Morgan fingerprint density at radius 2 is 1.75 bits per heavy atom. The van der Waals surface area contributed by atoms with Crippen LogP contribution in [0.3, 0.4) is 0 Å². The molecule has 3 fully saturated rings. The van der Waals surface area contributed by atoms with Crippen molar-refractivity contribution in [3.05, 3.63) is 22.4 Å². The van der Waals surface area contributed by atoms with Crippen molar-refractivity contribution in [1.82, 2.24) is 9.47 Å². The van der Waals surface area contributed by atoms with Crippen molar-refractivity contribution in [3.8, 4) is 0 Å². The van der Waals surface area contributed by atoms with E-state index in [1.54, 1.807) is 0 Å². The molecule has 1 amide bonds. The van der Waals surface area contributed by atoms with Crippen LogP contribution in [0.25, 0.3) is 0 Å². The molecule has 0 aromatic carbocycles. The molecule has 0 spiro atoms. The Morgan fingerprint density at radius 3 is 2.35 bits per heavy atom. The molecule has 2 bridgehead atoms. The lowest BCUT2D eigenvalue weighted by molar-refractivity contribution is 0.0563. The number of carbonyl (C=O) groups is 1. The lowest BCUT2D eigenvalue weighted by atomic mass is 9.98. The highest BCUT2D eigenvalue weighted by atomic mass is 79.9. The zero-order valence-electron chi connectivity index (χ0n) is 11.5. The standard InChI is InChI=1S/C15H20BrN3O/c16-9-5-14(18(8-9)11-1-2-11)15(20)19-12-3-4-13(19)7-10(17)6-12/h5,8,10-13H,1-4,6-7,17H2. The molecule has 3 heterocycles. The number of amides is 1. The molecule has 1 saturated carbocycles. The molecule has 2 aliphatic heterocycles. The van der Waals surface area contributed by atoms with Gasteiger partial charge in [0.15, 0.2) is 0 Å². The van der Waals surface area contributed by atoms with Crippen molar-refractivity contribution in [3.63, 3.8) is 0 Å². The zero-order valence-corrected chi connectivity index (χ0v) is 13.1. The van der Waals surface area contributed by atoms with E-state index >= 15 is 0 Å². The van der Waals surface area contributed by atoms with Crippen LogP contribution in [0.4, 0.5) is 0 Å².